The minimum atomic E-state index is -4.10. The van der Waals surface area contributed by atoms with E-state index < -0.39 is 28.0 Å². The maximum atomic E-state index is 12.4. The Kier molecular flexibility index (Phi) is 7.53. The van der Waals surface area contributed by atoms with Crippen molar-refractivity contribution in [2.75, 3.05) is 19.5 Å². The maximum absolute atomic E-state index is 12.4. The number of anilines is 1. The third kappa shape index (κ3) is 5.34. The molecule has 2 rings (SSSR count). The van der Waals surface area contributed by atoms with Gasteiger partial charge in [0.05, 0.1) is 29.3 Å². The summed E-state index contributed by atoms with van der Waals surface area (Å²) in [5, 5.41) is 11.2. The van der Waals surface area contributed by atoms with Gasteiger partial charge >= 0.3 is 5.97 Å². The lowest BCUT2D eigenvalue weighted by molar-refractivity contribution is -0.123. The molecule has 30 heavy (non-hydrogen) atoms. The van der Waals surface area contributed by atoms with E-state index in [9.17, 15) is 18.0 Å². The van der Waals surface area contributed by atoms with Crippen LogP contribution in [0.25, 0.3) is 0 Å². The number of benzene rings is 2. The SMILES string of the molecule is CON(C)S(=O)(=O)c1cc(C(=O)OC(C)C(=O)Nc2ccc(C#N)cc2)ccc1Cl. The van der Waals surface area contributed by atoms with Crippen LogP contribution < -0.4 is 5.32 Å². The Labute approximate surface area is 178 Å². The van der Waals surface area contributed by atoms with E-state index in [4.69, 9.17) is 26.4 Å². The number of hydroxylamine groups is 1. The molecule has 0 fully saturated rings. The van der Waals surface area contributed by atoms with Gasteiger partial charge in [0.25, 0.3) is 15.9 Å². The number of ether oxygens (including phenoxy) is 1. The Hall–Kier alpha value is -2.97. The van der Waals surface area contributed by atoms with E-state index in [1.807, 2.05) is 6.07 Å². The van der Waals surface area contributed by atoms with Gasteiger partial charge in [-0.3, -0.25) is 9.63 Å². The molecule has 0 saturated heterocycles. The largest absolute Gasteiger partial charge is 0.449 e. The summed E-state index contributed by atoms with van der Waals surface area (Å²) in [6.07, 6.45) is -1.18. The number of carbonyl (C=O) groups excluding carboxylic acids is 2. The lowest BCUT2D eigenvalue weighted by Gasteiger charge is -2.16. The van der Waals surface area contributed by atoms with Gasteiger partial charge in [0.1, 0.15) is 4.90 Å². The zero-order valence-corrected chi connectivity index (χ0v) is 17.8. The minimum absolute atomic E-state index is 0.109. The molecule has 0 heterocycles. The monoisotopic (exact) mass is 451 g/mol. The number of esters is 1. The molecule has 158 valence electrons. The van der Waals surface area contributed by atoms with Crippen LogP contribution in [0.5, 0.6) is 0 Å². The van der Waals surface area contributed by atoms with Crippen molar-refractivity contribution in [2.45, 2.75) is 17.9 Å². The van der Waals surface area contributed by atoms with E-state index in [0.717, 1.165) is 13.2 Å². The quantitative estimate of drug-likeness (QED) is 0.506. The number of sulfonamides is 1. The van der Waals surface area contributed by atoms with Crippen molar-refractivity contribution >= 4 is 39.2 Å². The van der Waals surface area contributed by atoms with Gasteiger partial charge in [0.15, 0.2) is 6.10 Å². The van der Waals surface area contributed by atoms with Gasteiger partial charge in [-0.2, -0.15) is 5.26 Å². The highest BCUT2D eigenvalue weighted by Crippen LogP contribution is 2.26. The average molecular weight is 452 g/mol. The van der Waals surface area contributed by atoms with Gasteiger partial charge in [0.2, 0.25) is 0 Å². The van der Waals surface area contributed by atoms with Crippen molar-refractivity contribution in [2.24, 2.45) is 0 Å². The van der Waals surface area contributed by atoms with Crippen LogP contribution in [0.2, 0.25) is 5.02 Å². The van der Waals surface area contributed by atoms with Gasteiger partial charge in [-0.1, -0.05) is 16.1 Å². The lowest BCUT2D eigenvalue weighted by Crippen LogP contribution is -2.30. The summed E-state index contributed by atoms with van der Waals surface area (Å²) in [5.41, 5.74) is 0.741. The molecule has 0 aliphatic carbocycles. The Balaban J connectivity index is 2.14. The molecular weight excluding hydrogens is 434 g/mol. The predicted molar refractivity (Wildman–Crippen MR) is 108 cm³/mol. The van der Waals surface area contributed by atoms with Crippen LogP contribution in [-0.4, -0.2) is 45.0 Å². The second-order valence-corrected chi connectivity index (χ2v) is 8.28. The van der Waals surface area contributed by atoms with E-state index in [0.29, 0.717) is 15.7 Å². The topological polar surface area (TPSA) is 126 Å². The normalized spacial score (nSPS) is 12.1. The maximum Gasteiger partial charge on any atom is 0.338 e. The first-order valence-corrected chi connectivity index (χ1v) is 10.3. The molecule has 2 aromatic carbocycles. The van der Waals surface area contributed by atoms with Crippen LogP contribution in [0.4, 0.5) is 5.69 Å². The van der Waals surface area contributed by atoms with Crippen LogP contribution in [-0.2, 0) is 24.4 Å². The Morgan fingerprint density at radius 1 is 1.20 bits per heavy atom. The molecule has 1 unspecified atom stereocenters. The number of halogens is 1. The molecule has 0 aliphatic rings. The summed E-state index contributed by atoms with van der Waals surface area (Å²) in [4.78, 5) is 29.0. The predicted octanol–water partition coefficient (Wildman–Crippen LogP) is 2.58. The van der Waals surface area contributed by atoms with Gasteiger partial charge in [0, 0.05) is 12.7 Å². The first-order valence-electron chi connectivity index (χ1n) is 8.44. The van der Waals surface area contributed by atoms with Gasteiger partial charge < -0.3 is 10.1 Å². The molecule has 0 radical (unpaired) electrons. The summed E-state index contributed by atoms with van der Waals surface area (Å²) in [7, 11) is -1.76. The molecule has 1 atom stereocenters. The molecule has 11 heteroatoms. The fourth-order valence-electron chi connectivity index (χ4n) is 2.22. The number of nitriles is 1. The van der Waals surface area contributed by atoms with E-state index >= 15 is 0 Å². The highest BCUT2D eigenvalue weighted by Gasteiger charge is 2.26. The summed E-state index contributed by atoms with van der Waals surface area (Å²) < 4.78 is 30.6. The van der Waals surface area contributed by atoms with Gasteiger partial charge in [-0.25, -0.2) is 13.2 Å². The third-order valence-electron chi connectivity index (χ3n) is 3.97. The Morgan fingerprint density at radius 2 is 1.83 bits per heavy atom. The molecule has 0 bridgehead atoms. The first-order chi connectivity index (χ1) is 14.1. The average Bonchev–Trinajstić information content (AvgIpc) is 2.73. The highest BCUT2D eigenvalue weighted by atomic mass is 35.5. The molecule has 0 spiro atoms. The number of hydrogen-bond donors (Lipinski definition) is 1. The standard InChI is InChI=1S/C19H18ClN3O6S/c1-12(18(24)22-15-7-4-13(11-21)5-8-15)29-19(25)14-6-9-16(20)17(10-14)30(26,27)23(2)28-3/h4-10,12H,1-3H3,(H,22,24). The number of hydrogen-bond acceptors (Lipinski definition) is 7. The zero-order valence-electron chi connectivity index (χ0n) is 16.2. The molecule has 0 saturated carbocycles. The Morgan fingerprint density at radius 3 is 2.40 bits per heavy atom. The number of amides is 1. The van der Waals surface area contributed by atoms with E-state index in [1.54, 1.807) is 0 Å². The lowest BCUT2D eigenvalue weighted by atomic mass is 10.2. The van der Waals surface area contributed by atoms with Crippen LogP contribution in [0.15, 0.2) is 47.4 Å². The number of carbonyl (C=O) groups is 2. The number of nitrogens with zero attached hydrogens (tertiary/aromatic N) is 2. The van der Waals surface area contributed by atoms with Gasteiger partial charge in [-0.05, 0) is 49.4 Å². The van der Waals surface area contributed by atoms with E-state index in [1.165, 1.54) is 50.4 Å². The summed E-state index contributed by atoms with van der Waals surface area (Å²) in [6.45, 7) is 1.36. The first kappa shape index (κ1) is 23.3. The number of rotatable bonds is 7. The molecule has 0 aromatic heterocycles. The second-order valence-electron chi connectivity index (χ2n) is 5.97. The van der Waals surface area contributed by atoms with Crippen LogP contribution in [0, 0.1) is 11.3 Å². The van der Waals surface area contributed by atoms with Crippen molar-refractivity contribution in [3.63, 3.8) is 0 Å². The summed E-state index contributed by atoms with van der Waals surface area (Å²) in [5.74, 6) is -1.51. The van der Waals surface area contributed by atoms with Crippen LogP contribution >= 0.6 is 11.6 Å². The Bertz CT molecular complexity index is 1100. The van der Waals surface area contributed by atoms with Crippen LogP contribution in [0.1, 0.15) is 22.8 Å². The minimum Gasteiger partial charge on any atom is -0.449 e. The molecular formula is C19H18ClN3O6S. The van der Waals surface area contributed by atoms with Crippen molar-refractivity contribution in [3.8, 4) is 6.07 Å². The highest BCUT2D eigenvalue weighted by molar-refractivity contribution is 7.89. The fraction of sp³-hybridized carbons (Fsp3) is 0.211. The van der Waals surface area contributed by atoms with Crippen LogP contribution in [0.3, 0.4) is 0 Å². The van der Waals surface area contributed by atoms with Crippen molar-refractivity contribution in [3.05, 3.63) is 58.6 Å². The second kappa shape index (κ2) is 9.69. The molecule has 0 aliphatic heterocycles. The van der Waals surface area contributed by atoms with Gasteiger partial charge in [-0.15, -0.1) is 0 Å². The van der Waals surface area contributed by atoms with E-state index in [-0.39, 0.29) is 15.5 Å². The number of nitrogens with one attached hydrogen (secondary N) is 1. The van der Waals surface area contributed by atoms with Crippen molar-refractivity contribution in [1.29, 1.82) is 5.26 Å². The molecule has 9 nitrogen and oxygen atoms in total. The van der Waals surface area contributed by atoms with E-state index in [2.05, 4.69) is 5.32 Å². The van der Waals surface area contributed by atoms with Crippen molar-refractivity contribution in [1.82, 2.24) is 4.47 Å². The summed E-state index contributed by atoms with van der Waals surface area (Å²) in [6, 6.07) is 11.6. The molecule has 1 N–H and O–H groups in total. The molecule has 2 aromatic rings. The zero-order chi connectivity index (χ0) is 22.5. The third-order valence-corrected chi connectivity index (χ3v) is 6.14. The van der Waals surface area contributed by atoms with Crippen molar-refractivity contribution < 1.29 is 27.6 Å². The molecule has 1 amide bonds. The smallest absolute Gasteiger partial charge is 0.338 e. The fourth-order valence-corrected chi connectivity index (χ4v) is 3.69. The summed E-state index contributed by atoms with van der Waals surface area (Å²) >= 11 is 5.96.